The molecule has 0 bridgehead atoms. The predicted octanol–water partition coefficient (Wildman–Crippen LogP) is 4.33. The van der Waals surface area contributed by atoms with E-state index in [1.54, 1.807) is 0 Å². The zero-order chi connectivity index (χ0) is 16.2. The van der Waals surface area contributed by atoms with Crippen LogP contribution in [0.25, 0.3) is 10.8 Å². The second-order valence-corrected chi connectivity index (χ2v) is 7.62. The quantitative estimate of drug-likeness (QED) is 0.826. The van der Waals surface area contributed by atoms with E-state index in [-0.39, 0.29) is 0 Å². The third-order valence-electron chi connectivity index (χ3n) is 5.94. The molecule has 1 unspecified atom stereocenters. The molecule has 128 valence electrons. The summed E-state index contributed by atoms with van der Waals surface area (Å²) in [5, 5.41) is 2.72. The fourth-order valence-electron chi connectivity index (χ4n) is 4.46. The minimum absolute atomic E-state index is 0.819. The molecule has 0 amide bonds. The molecule has 1 atom stereocenters. The monoisotopic (exact) mass is 322 g/mol. The van der Waals surface area contributed by atoms with Gasteiger partial charge in [-0.25, -0.2) is 0 Å². The van der Waals surface area contributed by atoms with Gasteiger partial charge in [-0.05, 0) is 61.7 Å². The molecular weight excluding hydrogens is 292 g/mol. The molecule has 0 aromatic heterocycles. The van der Waals surface area contributed by atoms with Gasteiger partial charge in [0.1, 0.15) is 0 Å². The van der Waals surface area contributed by atoms with Gasteiger partial charge in [-0.1, -0.05) is 55.3 Å². The first-order valence-electron chi connectivity index (χ1n) is 9.82. The standard InChI is InChI=1S/C22H30N2/c1-2-6-14-24(13-5-1)22-12-16-23(18-22)15-11-19-9-10-20-7-3-4-8-21(20)17-19/h3-4,7-10,17,22H,1-2,5-6,11-16,18H2. The molecule has 0 saturated carbocycles. The van der Waals surface area contributed by atoms with Crippen molar-refractivity contribution in [1.29, 1.82) is 0 Å². The van der Waals surface area contributed by atoms with Crippen LogP contribution in [0.3, 0.4) is 0 Å². The maximum Gasteiger partial charge on any atom is 0.0235 e. The molecule has 2 heteroatoms. The SMILES string of the molecule is c1ccc2cc(CCN3CCC(N4CCCCCC4)C3)ccc2c1. The number of hydrogen-bond acceptors (Lipinski definition) is 2. The molecule has 0 N–H and O–H groups in total. The van der Waals surface area contributed by atoms with Crippen LogP contribution in [0.4, 0.5) is 0 Å². The fraction of sp³-hybridized carbons (Fsp3) is 0.545. The van der Waals surface area contributed by atoms with Crippen LogP contribution in [0.2, 0.25) is 0 Å². The summed E-state index contributed by atoms with van der Waals surface area (Å²) in [5.41, 5.74) is 1.48. The molecule has 4 rings (SSSR count). The molecule has 2 nitrogen and oxygen atoms in total. The molecule has 2 saturated heterocycles. The molecule has 2 aliphatic heterocycles. The summed E-state index contributed by atoms with van der Waals surface area (Å²) in [5.74, 6) is 0. The van der Waals surface area contributed by atoms with Crippen LogP contribution in [-0.4, -0.2) is 48.6 Å². The lowest BCUT2D eigenvalue weighted by molar-refractivity contribution is 0.199. The predicted molar refractivity (Wildman–Crippen MR) is 103 cm³/mol. The summed E-state index contributed by atoms with van der Waals surface area (Å²) < 4.78 is 0. The van der Waals surface area contributed by atoms with Crippen LogP contribution in [0.1, 0.15) is 37.7 Å². The van der Waals surface area contributed by atoms with Gasteiger partial charge < -0.3 is 4.90 Å². The smallest absolute Gasteiger partial charge is 0.0235 e. The number of rotatable bonds is 4. The third kappa shape index (κ3) is 3.81. The Labute approximate surface area is 146 Å². The van der Waals surface area contributed by atoms with Gasteiger partial charge >= 0.3 is 0 Å². The highest BCUT2D eigenvalue weighted by atomic mass is 15.2. The fourth-order valence-corrected chi connectivity index (χ4v) is 4.46. The average Bonchev–Trinajstić information content (AvgIpc) is 2.93. The molecule has 24 heavy (non-hydrogen) atoms. The van der Waals surface area contributed by atoms with E-state index in [1.807, 2.05) is 0 Å². The Morgan fingerprint density at radius 1 is 0.833 bits per heavy atom. The zero-order valence-corrected chi connectivity index (χ0v) is 14.8. The van der Waals surface area contributed by atoms with Crippen molar-refractivity contribution in [2.75, 3.05) is 32.7 Å². The molecule has 2 heterocycles. The number of nitrogens with zero attached hydrogens (tertiary/aromatic N) is 2. The Bertz CT molecular complexity index is 658. The van der Waals surface area contributed by atoms with Crippen LogP contribution in [0.15, 0.2) is 42.5 Å². The normalized spacial score (nSPS) is 23.6. The van der Waals surface area contributed by atoms with E-state index in [1.165, 1.54) is 87.6 Å². The molecule has 2 aliphatic rings. The summed E-state index contributed by atoms with van der Waals surface area (Å²) in [4.78, 5) is 5.47. The number of hydrogen-bond donors (Lipinski definition) is 0. The third-order valence-corrected chi connectivity index (χ3v) is 5.94. The molecule has 0 radical (unpaired) electrons. The highest BCUT2D eigenvalue weighted by molar-refractivity contribution is 5.82. The van der Waals surface area contributed by atoms with Gasteiger partial charge in [0, 0.05) is 19.1 Å². The minimum atomic E-state index is 0.819. The largest absolute Gasteiger partial charge is 0.301 e. The molecule has 2 aromatic rings. The Hall–Kier alpha value is -1.38. The van der Waals surface area contributed by atoms with Gasteiger partial charge in [0.15, 0.2) is 0 Å². The first-order valence-corrected chi connectivity index (χ1v) is 9.82. The van der Waals surface area contributed by atoms with Crippen LogP contribution in [0.5, 0.6) is 0 Å². The lowest BCUT2D eigenvalue weighted by Gasteiger charge is -2.27. The highest BCUT2D eigenvalue weighted by Gasteiger charge is 2.27. The van der Waals surface area contributed by atoms with Crippen LogP contribution in [-0.2, 0) is 6.42 Å². The minimum Gasteiger partial charge on any atom is -0.301 e. The maximum atomic E-state index is 2.78. The lowest BCUT2D eigenvalue weighted by Crippen LogP contribution is -2.38. The zero-order valence-electron chi connectivity index (χ0n) is 14.8. The second-order valence-electron chi connectivity index (χ2n) is 7.62. The Kier molecular flexibility index (Phi) is 5.15. The topological polar surface area (TPSA) is 6.48 Å². The van der Waals surface area contributed by atoms with E-state index >= 15 is 0 Å². The maximum absolute atomic E-state index is 2.78. The van der Waals surface area contributed by atoms with E-state index in [0.717, 1.165) is 6.04 Å². The van der Waals surface area contributed by atoms with Crippen molar-refractivity contribution in [3.63, 3.8) is 0 Å². The number of fused-ring (bicyclic) bond motifs is 1. The average molecular weight is 322 g/mol. The van der Waals surface area contributed by atoms with Crippen molar-refractivity contribution in [3.8, 4) is 0 Å². The van der Waals surface area contributed by atoms with Crippen molar-refractivity contribution >= 4 is 10.8 Å². The van der Waals surface area contributed by atoms with Gasteiger partial charge in [0.25, 0.3) is 0 Å². The van der Waals surface area contributed by atoms with Crippen molar-refractivity contribution in [2.45, 2.75) is 44.6 Å². The molecule has 0 aliphatic carbocycles. The second kappa shape index (κ2) is 7.67. The van der Waals surface area contributed by atoms with Crippen LogP contribution < -0.4 is 0 Å². The molecular formula is C22H30N2. The first-order chi connectivity index (χ1) is 11.9. The highest BCUT2D eigenvalue weighted by Crippen LogP contribution is 2.21. The van der Waals surface area contributed by atoms with E-state index in [4.69, 9.17) is 0 Å². The summed E-state index contributed by atoms with van der Waals surface area (Å²) in [6.45, 7) is 6.46. The Morgan fingerprint density at radius 2 is 1.62 bits per heavy atom. The summed E-state index contributed by atoms with van der Waals surface area (Å²) >= 11 is 0. The first kappa shape index (κ1) is 16.1. The van der Waals surface area contributed by atoms with E-state index < -0.39 is 0 Å². The van der Waals surface area contributed by atoms with Crippen molar-refractivity contribution in [3.05, 3.63) is 48.0 Å². The van der Waals surface area contributed by atoms with Crippen molar-refractivity contribution in [1.82, 2.24) is 9.80 Å². The van der Waals surface area contributed by atoms with Gasteiger partial charge in [0.05, 0.1) is 0 Å². The van der Waals surface area contributed by atoms with Gasteiger partial charge in [0.2, 0.25) is 0 Å². The van der Waals surface area contributed by atoms with Crippen molar-refractivity contribution < 1.29 is 0 Å². The van der Waals surface area contributed by atoms with E-state index in [9.17, 15) is 0 Å². The number of benzene rings is 2. The van der Waals surface area contributed by atoms with E-state index in [0.29, 0.717) is 0 Å². The van der Waals surface area contributed by atoms with Gasteiger partial charge in [-0.3, -0.25) is 4.90 Å². The Morgan fingerprint density at radius 3 is 2.46 bits per heavy atom. The summed E-state index contributed by atoms with van der Waals surface area (Å²) in [6.07, 6.45) is 8.25. The lowest BCUT2D eigenvalue weighted by atomic mass is 10.1. The number of likely N-dealkylation sites (tertiary alicyclic amines) is 2. The van der Waals surface area contributed by atoms with Gasteiger partial charge in [-0.15, -0.1) is 0 Å². The van der Waals surface area contributed by atoms with Gasteiger partial charge in [-0.2, -0.15) is 0 Å². The summed E-state index contributed by atoms with van der Waals surface area (Å²) in [6, 6.07) is 16.5. The summed E-state index contributed by atoms with van der Waals surface area (Å²) in [7, 11) is 0. The van der Waals surface area contributed by atoms with Crippen LogP contribution >= 0.6 is 0 Å². The molecule has 0 spiro atoms. The Balaban J connectivity index is 1.31. The van der Waals surface area contributed by atoms with E-state index in [2.05, 4.69) is 52.3 Å². The molecule has 2 fully saturated rings. The molecule has 2 aromatic carbocycles. The van der Waals surface area contributed by atoms with Crippen LogP contribution in [0, 0.1) is 0 Å². The van der Waals surface area contributed by atoms with Crippen molar-refractivity contribution in [2.24, 2.45) is 0 Å².